The van der Waals surface area contributed by atoms with Crippen LogP contribution in [0.25, 0.3) is 0 Å². The highest BCUT2D eigenvalue weighted by molar-refractivity contribution is 5.82. The lowest BCUT2D eigenvalue weighted by atomic mass is 9.91. The van der Waals surface area contributed by atoms with E-state index in [-0.39, 0.29) is 12.2 Å². The maximum atomic E-state index is 11.9. The molecular formula is C14H21NO3. The summed E-state index contributed by atoms with van der Waals surface area (Å²) in [5.74, 6) is -0.502. The summed E-state index contributed by atoms with van der Waals surface area (Å²) in [4.78, 5) is 11.9. The van der Waals surface area contributed by atoms with Gasteiger partial charge >= 0.3 is 5.97 Å². The summed E-state index contributed by atoms with van der Waals surface area (Å²) in [5.41, 5.74) is 5.22. The number of hydrogen-bond donors (Lipinski definition) is 1. The zero-order valence-corrected chi connectivity index (χ0v) is 11.4. The van der Waals surface area contributed by atoms with Gasteiger partial charge in [0, 0.05) is 0 Å². The number of ether oxygens (including phenoxy) is 2. The van der Waals surface area contributed by atoms with E-state index in [1.165, 1.54) is 7.11 Å². The zero-order chi connectivity index (χ0) is 13.8. The number of hydrogen-bond acceptors (Lipinski definition) is 4. The van der Waals surface area contributed by atoms with Crippen molar-refractivity contribution in [2.75, 3.05) is 13.7 Å². The van der Waals surface area contributed by atoms with Crippen LogP contribution in [-0.2, 0) is 19.8 Å². The fraction of sp³-hybridized carbons (Fsp3) is 0.500. The SMILES string of the molecule is COC(=O)C(N)(COC(C)(C)C)c1ccccc1. The minimum Gasteiger partial charge on any atom is -0.467 e. The monoisotopic (exact) mass is 251 g/mol. The first kappa shape index (κ1) is 14.7. The zero-order valence-electron chi connectivity index (χ0n) is 11.4. The van der Waals surface area contributed by atoms with E-state index >= 15 is 0 Å². The van der Waals surface area contributed by atoms with Crippen LogP contribution >= 0.6 is 0 Å². The highest BCUT2D eigenvalue weighted by Crippen LogP contribution is 2.22. The first-order chi connectivity index (χ1) is 8.29. The Morgan fingerprint density at radius 3 is 2.22 bits per heavy atom. The number of methoxy groups -OCH3 is 1. The van der Waals surface area contributed by atoms with Gasteiger partial charge in [-0.3, -0.25) is 0 Å². The van der Waals surface area contributed by atoms with Crippen molar-refractivity contribution >= 4 is 5.97 Å². The molecule has 0 radical (unpaired) electrons. The molecule has 0 heterocycles. The van der Waals surface area contributed by atoms with Crippen molar-refractivity contribution < 1.29 is 14.3 Å². The van der Waals surface area contributed by atoms with Gasteiger partial charge in [-0.1, -0.05) is 30.3 Å². The average molecular weight is 251 g/mol. The van der Waals surface area contributed by atoms with Crippen LogP contribution in [0.3, 0.4) is 0 Å². The first-order valence-corrected chi connectivity index (χ1v) is 5.86. The van der Waals surface area contributed by atoms with Gasteiger partial charge in [-0.15, -0.1) is 0 Å². The van der Waals surface area contributed by atoms with Gasteiger partial charge in [-0.25, -0.2) is 4.79 Å². The number of carbonyl (C=O) groups excluding carboxylic acids is 1. The summed E-state index contributed by atoms with van der Waals surface area (Å²) in [5, 5.41) is 0. The van der Waals surface area contributed by atoms with Gasteiger partial charge in [0.05, 0.1) is 19.3 Å². The van der Waals surface area contributed by atoms with Gasteiger partial charge in [-0.05, 0) is 26.3 Å². The molecular weight excluding hydrogens is 230 g/mol. The van der Waals surface area contributed by atoms with E-state index in [1.54, 1.807) is 12.1 Å². The second-order valence-electron chi connectivity index (χ2n) is 5.23. The molecule has 1 rings (SSSR count). The Morgan fingerprint density at radius 1 is 1.22 bits per heavy atom. The molecule has 1 atom stereocenters. The molecule has 4 heteroatoms. The van der Waals surface area contributed by atoms with Crippen LogP contribution in [0.5, 0.6) is 0 Å². The smallest absolute Gasteiger partial charge is 0.332 e. The predicted molar refractivity (Wildman–Crippen MR) is 70.0 cm³/mol. The quantitative estimate of drug-likeness (QED) is 0.829. The predicted octanol–water partition coefficient (Wildman–Crippen LogP) is 1.83. The maximum absolute atomic E-state index is 11.9. The van der Waals surface area contributed by atoms with Crippen LogP contribution in [0.15, 0.2) is 30.3 Å². The average Bonchev–Trinajstić information content (AvgIpc) is 2.35. The Hall–Kier alpha value is -1.39. The fourth-order valence-corrected chi connectivity index (χ4v) is 1.51. The Bertz CT molecular complexity index is 397. The summed E-state index contributed by atoms with van der Waals surface area (Å²) in [7, 11) is 1.32. The summed E-state index contributed by atoms with van der Waals surface area (Å²) in [6.45, 7) is 5.81. The van der Waals surface area contributed by atoms with Gasteiger partial charge in [0.1, 0.15) is 0 Å². The van der Waals surface area contributed by atoms with E-state index in [9.17, 15) is 4.79 Å². The highest BCUT2D eigenvalue weighted by atomic mass is 16.5. The standard InChI is InChI=1S/C14H21NO3/c1-13(2,3)18-10-14(15,12(16)17-4)11-8-6-5-7-9-11/h5-9H,10,15H2,1-4H3. The van der Waals surface area contributed by atoms with E-state index in [2.05, 4.69) is 0 Å². The molecule has 0 amide bonds. The second kappa shape index (κ2) is 5.50. The summed E-state index contributed by atoms with van der Waals surface area (Å²) < 4.78 is 10.4. The van der Waals surface area contributed by atoms with Crippen molar-refractivity contribution in [3.63, 3.8) is 0 Å². The van der Waals surface area contributed by atoms with Crippen LogP contribution in [-0.4, -0.2) is 25.3 Å². The molecule has 0 saturated heterocycles. The van der Waals surface area contributed by atoms with Crippen LogP contribution < -0.4 is 5.73 Å². The minimum absolute atomic E-state index is 0.0766. The summed E-state index contributed by atoms with van der Waals surface area (Å²) >= 11 is 0. The Morgan fingerprint density at radius 2 is 1.78 bits per heavy atom. The molecule has 2 N–H and O–H groups in total. The van der Waals surface area contributed by atoms with Gasteiger partial charge in [0.25, 0.3) is 0 Å². The molecule has 0 bridgehead atoms. The molecule has 0 spiro atoms. The molecule has 0 aliphatic heterocycles. The molecule has 1 aromatic rings. The Kier molecular flexibility index (Phi) is 4.48. The van der Waals surface area contributed by atoms with Crippen LogP contribution in [0.1, 0.15) is 26.3 Å². The van der Waals surface area contributed by atoms with E-state index in [0.29, 0.717) is 5.56 Å². The van der Waals surface area contributed by atoms with Crippen LogP contribution in [0.4, 0.5) is 0 Å². The fourth-order valence-electron chi connectivity index (χ4n) is 1.51. The topological polar surface area (TPSA) is 61.5 Å². The van der Waals surface area contributed by atoms with E-state index < -0.39 is 11.5 Å². The van der Waals surface area contributed by atoms with Crippen molar-refractivity contribution in [3.05, 3.63) is 35.9 Å². The third-order valence-electron chi connectivity index (χ3n) is 2.57. The molecule has 0 saturated carbocycles. The molecule has 0 aromatic heterocycles. The van der Waals surface area contributed by atoms with E-state index in [1.807, 2.05) is 39.0 Å². The van der Waals surface area contributed by atoms with E-state index in [4.69, 9.17) is 15.2 Å². The first-order valence-electron chi connectivity index (χ1n) is 5.86. The highest BCUT2D eigenvalue weighted by Gasteiger charge is 2.38. The lowest BCUT2D eigenvalue weighted by Crippen LogP contribution is -2.51. The second-order valence-corrected chi connectivity index (χ2v) is 5.23. The number of benzene rings is 1. The number of carbonyl (C=O) groups is 1. The summed E-state index contributed by atoms with van der Waals surface area (Å²) in [6, 6.07) is 9.12. The largest absolute Gasteiger partial charge is 0.467 e. The van der Waals surface area contributed by atoms with Crippen LogP contribution in [0.2, 0.25) is 0 Å². The Labute approximate surface area is 108 Å². The molecule has 0 fully saturated rings. The lowest BCUT2D eigenvalue weighted by Gasteiger charge is -2.30. The lowest BCUT2D eigenvalue weighted by molar-refractivity contribution is -0.152. The maximum Gasteiger partial charge on any atom is 0.332 e. The minimum atomic E-state index is -1.27. The Balaban J connectivity index is 3.00. The molecule has 1 unspecified atom stereocenters. The van der Waals surface area contributed by atoms with Crippen molar-refractivity contribution in [3.8, 4) is 0 Å². The molecule has 1 aromatic carbocycles. The van der Waals surface area contributed by atoms with Crippen molar-refractivity contribution in [2.24, 2.45) is 5.73 Å². The normalized spacial score (nSPS) is 14.9. The molecule has 0 aliphatic carbocycles. The van der Waals surface area contributed by atoms with Gasteiger partial charge < -0.3 is 15.2 Å². The molecule has 18 heavy (non-hydrogen) atoms. The van der Waals surface area contributed by atoms with Crippen molar-refractivity contribution in [1.82, 2.24) is 0 Å². The number of rotatable bonds is 4. The molecule has 4 nitrogen and oxygen atoms in total. The van der Waals surface area contributed by atoms with Crippen molar-refractivity contribution in [1.29, 1.82) is 0 Å². The van der Waals surface area contributed by atoms with Gasteiger partial charge in [0.15, 0.2) is 5.54 Å². The molecule has 0 aliphatic rings. The van der Waals surface area contributed by atoms with Gasteiger partial charge in [0.2, 0.25) is 0 Å². The third kappa shape index (κ3) is 3.55. The number of nitrogens with two attached hydrogens (primary N) is 1. The summed E-state index contributed by atoms with van der Waals surface area (Å²) in [6.07, 6.45) is 0. The van der Waals surface area contributed by atoms with Crippen LogP contribution in [0, 0.1) is 0 Å². The third-order valence-corrected chi connectivity index (χ3v) is 2.57. The molecule has 100 valence electrons. The van der Waals surface area contributed by atoms with Crippen molar-refractivity contribution in [2.45, 2.75) is 31.9 Å². The van der Waals surface area contributed by atoms with Gasteiger partial charge in [-0.2, -0.15) is 0 Å². The number of esters is 1. The van der Waals surface area contributed by atoms with E-state index in [0.717, 1.165) is 0 Å².